The van der Waals surface area contributed by atoms with Crippen LogP contribution >= 0.6 is 0 Å². The fourth-order valence-electron chi connectivity index (χ4n) is 4.35. The normalized spacial score (nSPS) is 13.4. The second kappa shape index (κ2) is 12.3. The third-order valence-corrected chi connectivity index (χ3v) is 6.39. The predicted octanol–water partition coefficient (Wildman–Crippen LogP) is 2.91. The molecule has 4 aromatic rings. The van der Waals surface area contributed by atoms with Gasteiger partial charge in [-0.1, -0.05) is 18.2 Å². The molecule has 5 rings (SSSR count). The van der Waals surface area contributed by atoms with Gasteiger partial charge in [-0.3, -0.25) is 0 Å². The van der Waals surface area contributed by atoms with Gasteiger partial charge in [-0.15, -0.1) is 19.8 Å². The van der Waals surface area contributed by atoms with Crippen LogP contribution in [0.25, 0.3) is 5.57 Å². The Bertz CT molecular complexity index is 1610. The second-order valence-electron chi connectivity index (χ2n) is 9.33. The molecular weight excluding hydrogens is 524 g/mol. The lowest BCUT2D eigenvalue weighted by molar-refractivity contribution is 0.289. The molecule has 0 radical (unpaired) electrons. The quantitative estimate of drug-likeness (QED) is 0.264. The van der Waals surface area contributed by atoms with Gasteiger partial charge in [-0.2, -0.15) is 10.2 Å². The van der Waals surface area contributed by atoms with Gasteiger partial charge in [0, 0.05) is 17.7 Å². The van der Waals surface area contributed by atoms with Gasteiger partial charge in [0.05, 0.1) is 12.4 Å². The molecule has 0 unspecified atom stereocenters. The first-order valence-electron chi connectivity index (χ1n) is 12.9. The van der Waals surface area contributed by atoms with Crippen LogP contribution in [0.2, 0.25) is 0 Å². The summed E-state index contributed by atoms with van der Waals surface area (Å²) in [4.78, 5) is 2.60. The minimum atomic E-state index is 0.0332. The van der Waals surface area contributed by atoms with Crippen molar-refractivity contribution in [3.05, 3.63) is 99.7 Å². The van der Waals surface area contributed by atoms with Crippen LogP contribution in [0.15, 0.2) is 76.0 Å². The maximum atomic E-state index is 11.1. The number of aryl methyl sites for hydroxylation is 2. The summed E-state index contributed by atoms with van der Waals surface area (Å²) in [6, 6.07) is 10.2. The zero-order valence-electron chi connectivity index (χ0n) is 22.5. The van der Waals surface area contributed by atoms with Crippen LogP contribution in [0.1, 0.15) is 53.2 Å². The topological polar surface area (TPSA) is 173 Å². The minimum absolute atomic E-state index is 0.0332. The van der Waals surface area contributed by atoms with Crippen molar-refractivity contribution in [2.45, 2.75) is 33.1 Å². The van der Waals surface area contributed by atoms with Crippen molar-refractivity contribution in [1.82, 2.24) is 40.6 Å². The average molecular weight is 553 g/mol. The van der Waals surface area contributed by atoms with Gasteiger partial charge >= 0.3 is 0 Å². The van der Waals surface area contributed by atoms with Crippen molar-refractivity contribution in [3.63, 3.8) is 0 Å². The van der Waals surface area contributed by atoms with E-state index in [0.717, 1.165) is 11.1 Å². The Morgan fingerprint density at radius 2 is 1.44 bits per heavy atom. The number of tetrazole rings is 2. The number of hydrogen-bond donors (Lipinski definition) is 3. The van der Waals surface area contributed by atoms with E-state index in [-0.39, 0.29) is 18.1 Å². The van der Waals surface area contributed by atoms with Gasteiger partial charge in [0.15, 0.2) is 11.6 Å². The van der Waals surface area contributed by atoms with Crippen LogP contribution in [-0.4, -0.2) is 75.0 Å². The van der Waals surface area contributed by atoms with E-state index in [1.54, 1.807) is 62.7 Å². The number of aliphatic hydroxyl groups is 1. The highest BCUT2D eigenvalue weighted by molar-refractivity contribution is 5.93. The van der Waals surface area contributed by atoms with E-state index in [4.69, 9.17) is 0 Å². The summed E-state index contributed by atoms with van der Waals surface area (Å²) in [5.41, 5.74) is 4.96. The van der Waals surface area contributed by atoms with Crippen molar-refractivity contribution < 1.29 is 15.3 Å². The number of allylic oxidation sites excluding steroid dienone is 5. The highest BCUT2D eigenvalue weighted by Gasteiger charge is 2.20. The lowest BCUT2D eigenvalue weighted by Crippen LogP contribution is -2.01. The Kier molecular flexibility index (Phi) is 8.15. The monoisotopic (exact) mass is 552 g/mol. The molecule has 0 spiro atoms. The third-order valence-electron chi connectivity index (χ3n) is 6.39. The first-order valence-corrected chi connectivity index (χ1v) is 12.9. The molecule has 0 atom stereocenters. The summed E-state index contributed by atoms with van der Waals surface area (Å²) >= 11 is 0. The van der Waals surface area contributed by atoms with Crippen molar-refractivity contribution >= 4 is 18.0 Å². The number of nitrogens with zero attached hydrogens (tertiary/aromatic N) is 10. The predicted molar refractivity (Wildman–Crippen MR) is 151 cm³/mol. The van der Waals surface area contributed by atoms with Crippen molar-refractivity contribution in [3.8, 4) is 11.5 Å². The molecule has 2 heterocycles. The molecule has 13 heteroatoms. The summed E-state index contributed by atoms with van der Waals surface area (Å²) in [6.07, 6.45) is 11.2. The molecule has 3 N–H and O–H groups in total. The number of benzene rings is 2. The Morgan fingerprint density at radius 1 is 0.878 bits per heavy atom. The summed E-state index contributed by atoms with van der Waals surface area (Å²) in [5.74, 6) is 1.12. The SMILES string of the molecule is Cc1nnnn1/N=C/c1ccc(O)c(C(=C2C=C(CCCO)C=CC2)c2cc(/C=N/n3nnnc3C)ccc2O)c1. The van der Waals surface area contributed by atoms with E-state index < -0.39 is 0 Å². The van der Waals surface area contributed by atoms with Gasteiger partial charge in [-0.25, -0.2) is 0 Å². The molecule has 2 aromatic heterocycles. The van der Waals surface area contributed by atoms with Gasteiger partial charge in [0.1, 0.15) is 11.5 Å². The number of aromatic nitrogens is 8. The number of aliphatic hydroxyl groups excluding tert-OH is 1. The number of aromatic hydroxyl groups is 2. The standard InChI is InChI=1S/C28H28N10O3/c1-18-31-33-35-37(18)29-16-21-8-10-26(40)24(14-21)28(23-7-3-5-20(13-23)6-4-12-39)25-15-22(9-11-27(25)41)17-30-38-19(2)32-34-36-38/h3,5,8-11,13-17,39-41H,4,6-7,12H2,1-2H3/b29-16+,30-17+. The molecule has 0 fully saturated rings. The summed E-state index contributed by atoms with van der Waals surface area (Å²) in [7, 11) is 0. The number of rotatable bonds is 9. The highest BCUT2D eigenvalue weighted by Crippen LogP contribution is 2.40. The maximum absolute atomic E-state index is 11.1. The minimum Gasteiger partial charge on any atom is -0.507 e. The Hall–Kier alpha value is -5.30. The number of phenols is 2. The molecule has 2 aromatic carbocycles. The molecule has 41 heavy (non-hydrogen) atoms. The van der Waals surface area contributed by atoms with Crippen LogP contribution < -0.4 is 0 Å². The molecule has 13 nitrogen and oxygen atoms in total. The molecule has 1 aliphatic rings. The van der Waals surface area contributed by atoms with E-state index in [1.165, 1.54) is 9.58 Å². The Morgan fingerprint density at radius 3 is 1.93 bits per heavy atom. The fraction of sp³-hybridized carbons (Fsp3) is 0.214. The van der Waals surface area contributed by atoms with Crippen molar-refractivity contribution in [2.24, 2.45) is 10.2 Å². The smallest absolute Gasteiger partial charge is 0.173 e. The molecule has 0 aliphatic heterocycles. The van der Waals surface area contributed by atoms with Crippen LogP contribution in [-0.2, 0) is 0 Å². The fourth-order valence-corrected chi connectivity index (χ4v) is 4.35. The third kappa shape index (κ3) is 6.31. The van der Waals surface area contributed by atoms with Crippen LogP contribution in [0.5, 0.6) is 11.5 Å². The number of hydrogen-bond acceptors (Lipinski definition) is 11. The zero-order chi connectivity index (χ0) is 28.8. The highest BCUT2D eigenvalue weighted by atomic mass is 16.3. The molecule has 0 amide bonds. The van der Waals surface area contributed by atoms with Crippen molar-refractivity contribution in [2.75, 3.05) is 6.61 Å². The molecule has 0 bridgehead atoms. The molecular formula is C28H28N10O3. The maximum Gasteiger partial charge on any atom is 0.173 e. The van der Waals surface area contributed by atoms with Gasteiger partial charge in [0.25, 0.3) is 0 Å². The largest absolute Gasteiger partial charge is 0.507 e. The first kappa shape index (κ1) is 27.3. The lowest BCUT2D eigenvalue weighted by atomic mass is 9.86. The summed E-state index contributed by atoms with van der Waals surface area (Å²) < 4.78 is 0. The van der Waals surface area contributed by atoms with E-state index in [2.05, 4.69) is 41.3 Å². The molecule has 0 saturated heterocycles. The van der Waals surface area contributed by atoms with Crippen LogP contribution in [0.4, 0.5) is 0 Å². The van der Waals surface area contributed by atoms with Crippen molar-refractivity contribution in [1.29, 1.82) is 0 Å². The van der Waals surface area contributed by atoms with Gasteiger partial charge < -0.3 is 15.3 Å². The van der Waals surface area contributed by atoms with Gasteiger partial charge in [0.2, 0.25) is 0 Å². The molecule has 208 valence electrons. The zero-order valence-corrected chi connectivity index (χ0v) is 22.5. The van der Waals surface area contributed by atoms with E-state index >= 15 is 0 Å². The van der Waals surface area contributed by atoms with E-state index in [0.29, 0.717) is 58.7 Å². The molecule has 1 aliphatic carbocycles. The number of phenolic OH excluding ortho intramolecular Hbond substituents is 2. The van der Waals surface area contributed by atoms with Crippen LogP contribution in [0.3, 0.4) is 0 Å². The Labute approximate surface area is 235 Å². The van der Waals surface area contributed by atoms with Crippen LogP contribution in [0, 0.1) is 13.8 Å². The summed E-state index contributed by atoms with van der Waals surface area (Å²) in [5, 5.41) is 62.7. The van der Waals surface area contributed by atoms with Gasteiger partial charge in [-0.05, 0) is 118 Å². The average Bonchev–Trinajstić information content (AvgIpc) is 3.59. The van der Waals surface area contributed by atoms with E-state index in [1.807, 2.05) is 18.2 Å². The Balaban J connectivity index is 1.64. The van der Waals surface area contributed by atoms with E-state index in [9.17, 15) is 15.3 Å². The second-order valence-corrected chi connectivity index (χ2v) is 9.33. The lowest BCUT2D eigenvalue weighted by Gasteiger charge is -2.19. The summed E-state index contributed by atoms with van der Waals surface area (Å²) in [6.45, 7) is 3.56. The first-order chi connectivity index (χ1) is 19.9. The molecule has 0 saturated carbocycles.